The Hall–Kier alpha value is -3.84. The van der Waals surface area contributed by atoms with Gasteiger partial charge in [-0.2, -0.15) is 10.5 Å². The maximum atomic E-state index is 13.4. The molecule has 0 saturated carbocycles. The number of benzene rings is 3. The number of ether oxygens (including phenoxy) is 1. The summed E-state index contributed by atoms with van der Waals surface area (Å²) in [6, 6.07) is 18.6. The third-order valence-electron chi connectivity index (χ3n) is 4.66. The van der Waals surface area contributed by atoms with E-state index >= 15 is 0 Å². The number of nitrogens with zero attached hydrogens (tertiary/aromatic N) is 3. The molecule has 0 radical (unpaired) electrons. The van der Waals surface area contributed by atoms with E-state index in [1.807, 2.05) is 6.07 Å². The van der Waals surface area contributed by atoms with Crippen molar-refractivity contribution in [2.75, 3.05) is 0 Å². The third kappa shape index (κ3) is 4.43. The van der Waals surface area contributed by atoms with E-state index in [2.05, 4.69) is 22.1 Å². The lowest BCUT2D eigenvalue weighted by Gasteiger charge is -2.12. The van der Waals surface area contributed by atoms with Gasteiger partial charge in [-0.3, -0.25) is 0 Å². The third-order valence-corrected chi connectivity index (χ3v) is 5.22. The number of rotatable bonds is 5. The van der Waals surface area contributed by atoms with Crippen LogP contribution in [0.1, 0.15) is 22.5 Å². The Balaban J connectivity index is 1.62. The van der Waals surface area contributed by atoms with E-state index in [9.17, 15) is 14.9 Å². The molecule has 0 bridgehead atoms. The van der Waals surface area contributed by atoms with Gasteiger partial charge in [0.2, 0.25) is 0 Å². The molecule has 5 nitrogen and oxygen atoms in total. The maximum absolute atomic E-state index is 13.4. The first-order valence-electron chi connectivity index (χ1n) is 9.36. The van der Waals surface area contributed by atoms with Crippen LogP contribution in [-0.4, -0.2) is 9.97 Å². The van der Waals surface area contributed by atoms with E-state index in [0.29, 0.717) is 33.5 Å². The molecule has 0 unspecified atom stereocenters. The van der Waals surface area contributed by atoms with E-state index in [4.69, 9.17) is 27.9 Å². The molecule has 0 atom stereocenters. The van der Waals surface area contributed by atoms with Crippen LogP contribution in [0.3, 0.4) is 0 Å². The largest absolute Gasteiger partial charge is 0.486 e. The minimum absolute atomic E-state index is 0.122. The number of allylic oxidation sites excluding steroid dienone is 1. The summed E-state index contributed by atoms with van der Waals surface area (Å²) in [5.41, 5.74) is 3.03. The van der Waals surface area contributed by atoms with Gasteiger partial charge in [-0.1, -0.05) is 41.4 Å². The number of aromatic amines is 1. The van der Waals surface area contributed by atoms with Gasteiger partial charge >= 0.3 is 0 Å². The van der Waals surface area contributed by atoms with Crippen LogP contribution in [0.2, 0.25) is 10.0 Å². The van der Waals surface area contributed by atoms with Crippen LogP contribution in [0.15, 0.2) is 54.6 Å². The van der Waals surface area contributed by atoms with Crippen molar-refractivity contribution in [2.24, 2.45) is 0 Å². The molecule has 4 aromatic rings. The van der Waals surface area contributed by atoms with Crippen molar-refractivity contribution >= 4 is 45.9 Å². The fourth-order valence-electron chi connectivity index (χ4n) is 3.14. The molecule has 0 aliphatic carbocycles. The Morgan fingerprint density at radius 3 is 2.56 bits per heavy atom. The number of fused-ring (bicyclic) bond motifs is 1. The first kappa shape index (κ1) is 21.4. The van der Waals surface area contributed by atoms with Gasteiger partial charge in [0, 0.05) is 5.56 Å². The number of hydrogen-bond acceptors (Lipinski definition) is 4. The highest BCUT2D eigenvalue weighted by Crippen LogP contribution is 2.36. The fraction of sp³-hybridized carbons (Fsp3) is 0.0417. The molecule has 1 aromatic heterocycles. The SMILES string of the molecule is N#C/C(=C/c1cc(Cl)c(OCc2ccccc2C#N)c(Cl)c1)c1nc2ccc(F)cc2[nH]1. The van der Waals surface area contributed by atoms with E-state index in [0.717, 1.165) is 0 Å². The van der Waals surface area contributed by atoms with Gasteiger partial charge in [0.25, 0.3) is 0 Å². The smallest absolute Gasteiger partial charge is 0.157 e. The molecule has 8 heteroatoms. The average Bonchev–Trinajstić information content (AvgIpc) is 3.20. The van der Waals surface area contributed by atoms with E-state index < -0.39 is 5.82 Å². The van der Waals surface area contributed by atoms with Gasteiger partial charge in [0.1, 0.15) is 24.3 Å². The Labute approximate surface area is 192 Å². The zero-order chi connectivity index (χ0) is 22.7. The number of nitriles is 2. The Kier molecular flexibility index (Phi) is 6.09. The summed E-state index contributed by atoms with van der Waals surface area (Å²) in [7, 11) is 0. The van der Waals surface area contributed by atoms with Crippen LogP contribution in [0.5, 0.6) is 5.75 Å². The summed E-state index contributed by atoms with van der Waals surface area (Å²) >= 11 is 12.8. The number of H-pyrrole nitrogens is 1. The molecule has 0 saturated heterocycles. The van der Waals surface area contributed by atoms with Crippen molar-refractivity contribution in [1.29, 1.82) is 10.5 Å². The van der Waals surface area contributed by atoms with E-state index in [1.54, 1.807) is 36.4 Å². The van der Waals surface area contributed by atoms with Crippen molar-refractivity contribution in [3.63, 3.8) is 0 Å². The second kappa shape index (κ2) is 9.11. The molecule has 32 heavy (non-hydrogen) atoms. The van der Waals surface area contributed by atoms with Gasteiger partial charge < -0.3 is 9.72 Å². The van der Waals surface area contributed by atoms with Gasteiger partial charge in [0.05, 0.1) is 38.3 Å². The quantitative estimate of drug-likeness (QED) is 0.341. The van der Waals surface area contributed by atoms with Gasteiger partial charge in [-0.15, -0.1) is 0 Å². The monoisotopic (exact) mass is 462 g/mol. The fourth-order valence-corrected chi connectivity index (χ4v) is 3.75. The van der Waals surface area contributed by atoms with Gasteiger partial charge in [-0.05, 0) is 48.0 Å². The topological polar surface area (TPSA) is 85.5 Å². The lowest BCUT2D eigenvalue weighted by Crippen LogP contribution is -1.99. The summed E-state index contributed by atoms with van der Waals surface area (Å²) in [6.45, 7) is 0.122. The molecule has 0 aliphatic rings. The molecular weight excluding hydrogens is 450 g/mol. The molecule has 1 heterocycles. The number of aromatic nitrogens is 2. The van der Waals surface area contributed by atoms with Crippen LogP contribution in [0.25, 0.3) is 22.7 Å². The van der Waals surface area contributed by atoms with Crippen molar-refractivity contribution in [1.82, 2.24) is 9.97 Å². The molecular formula is C24H13Cl2FN4O. The average molecular weight is 463 g/mol. The molecule has 0 fully saturated rings. The second-order valence-electron chi connectivity index (χ2n) is 6.79. The molecule has 0 aliphatic heterocycles. The van der Waals surface area contributed by atoms with E-state index in [1.165, 1.54) is 18.2 Å². The van der Waals surface area contributed by atoms with Gasteiger partial charge in [-0.25, -0.2) is 9.37 Å². The predicted octanol–water partition coefficient (Wildman–Crippen LogP) is 6.52. The lowest BCUT2D eigenvalue weighted by molar-refractivity contribution is 0.306. The number of imidazole rings is 1. The maximum Gasteiger partial charge on any atom is 0.157 e. The summed E-state index contributed by atoms with van der Waals surface area (Å²) in [5, 5.41) is 19.3. The van der Waals surface area contributed by atoms with Crippen LogP contribution in [-0.2, 0) is 6.61 Å². The standard InChI is InChI=1S/C24H13Cl2FN4O/c25-19-8-14(7-17(12-29)24-30-21-6-5-18(27)10-22(21)31-24)9-20(26)23(19)32-13-16-4-2-1-3-15(16)11-28/h1-10H,13H2,(H,30,31)/b17-7-. The highest BCUT2D eigenvalue weighted by molar-refractivity contribution is 6.37. The number of halogens is 3. The molecule has 156 valence electrons. The Morgan fingerprint density at radius 1 is 1.09 bits per heavy atom. The van der Waals surface area contributed by atoms with Crippen molar-refractivity contribution in [2.45, 2.75) is 6.61 Å². The molecule has 0 amide bonds. The first-order valence-corrected chi connectivity index (χ1v) is 10.1. The lowest BCUT2D eigenvalue weighted by atomic mass is 10.1. The van der Waals surface area contributed by atoms with Crippen LogP contribution in [0.4, 0.5) is 4.39 Å². The van der Waals surface area contributed by atoms with E-state index in [-0.39, 0.29) is 28.0 Å². The number of nitrogens with one attached hydrogen (secondary N) is 1. The highest BCUT2D eigenvalue weighted by atomic mass is 35.5. The van der Waals surface area contributed by atoms with Crippen LogP contribution >= 0.6 is 23.2 Å². The van der Waals surface area contributed by atoms with Crippen molar-refractivity contribution in [3.05, 3.63) is 93.0 Å². The normalized spacial score (nSPS) is 11.2. The first-order chi connectivity index (χ1) is 15.5. The summed E-state index contributed by atoms with van der Waals surface area (Å²) in [5.74, 6) is 0.173. The minimum atomic E-state index is -0.401. The zero-order valence-corrected chi connectivity index (χ0v) is 17.9. The predicted molar refractivity (Wildman–Crippen MR) is 121 cm³/mol. The van der Waals surface area contributed by atoms with Crippen molar-refractivity contribution < 1.29 is 9.13 Å². The Morgan fingerprint density at radius 2 is 1.84 bits per heavy atom. The van der Waals surface area contributed by atoms with Crippen LogP contribution < -0.4 is 4.74 Å². The Bertz CT molecular complexity index is 1420. The van der Waals surface area contributed by atoms with Crippen LogP contribution in [0, 0.1) is 28.5 Å². The summed E-state index contributed by atoms with van der Waals surface area (Å²) in [4.78, 5) is 7.27. The summed E-state index contributed by atoms with van der Waals surface area (Å²) < 4.78 is 19.2. The second-order valence-corrected chi connectivity index (χ2v) is 7.60. The highest BCUT2D eigenvalue weighted by Gasteiger charge is 2.13. The van der Waals surface area contributed by atoms with Gasteiger partial charge in [0.15, 0.2) is 5.75 Å². The molecule has 1 N–H and O–H groups in total. The molecule has 4 rings (SSSR count). The zero-order valence-electron chi connectivity index (χ0n) is 16.4. The minimum Gasteiger partial charge on any atom is -0.486 e. The molecule has 3 aromatic carbocycles. The number of hydrogen-bond donors (Lipinski definition) is 1. The summed E-state index contributed by atoms with van der Waals surface area (Å²) in [6.07, 6.45) is 1.57. The van der Waals surface area contributed by atoms with Crippen molar-refractivity contribution in [3.8, 4) is 17.9 Å². The molecule has 0 spiro atoms.